The van der Waals surface area contributed by atoms with Crippen molar-refractivity contribution in [2.75, 3.05) is 0 Å². The Kier molecular flexibility index (Phi) is 2.89. The molecule has 0 atom stereocenters. The van der Waals surface area contributed by atoms with Gasteiger partial charge in [0.2, 0.25) is 0 Å². The highest BCUT2D eigenvalue weighted by molar-refractivity contribution is 5.91. The first-order chi connectivity index (χ1) is 9.55. The van der Waals surface area contributed by atoms with Crippen molar-refractivity contribution in [3.8, 4) is 11.3 Å². The summed E-state index contributed by atoms with van der Waals surface area (Å²) in [6.45, 7) is 0. The third kappa shape index (κ3) is 2.22. The van der Waals surface area contributed by atoms with Crippen LogP contribution in [-0.4, -0.2) is 9.97 Å². The van der Waals surface area contributed by atoms with Crippen LogP contribution < -0.4 is 0 Å². The predicted molar refractivity (Wildman–Crippen MR) is 70.0 cm³/mol. The SMILES string of the molecule is FC(F)(F)c1ccc(-c2ncnc3ccccc23)cc1. The smallest absolute Gasteiger partial charge is 0.236 e. The number of halogens is 3. The lowest BCUT2D eigenvalue weighted by atomic mass is 10.0. The summed E-state index contributed by atoms with van der Waals surface area (Å²) in [4.78, 5) is 8.31. The molecule has 3 rings (SSSR count). The molecule has 1 aromatic heterocycles. The molecule has 0 aliphatic rings. The first-order valence-electron chi connectivity index (χ1n) is 5.93. The van der Waals surface area contributed by atoms with Gasteiger partial charge < -0.3 is 0 Å². The van der Waals surface area contributed by atoms with Gasteiger partial charge in [0.25, 0.3) is 0 Å². The zero-order valence-electron chi connectivity index (χ0n) is 10.2. The van der Waals surface area contributed by atoms with Crippen LogP contribution in [0.2, 0.25) is 0 Å². The molecule has 100 valence electrons. The maximum Gasteiger partial charge on any atom is 0.416 e. The van der Waals surface area contributed by atoms with Crippen molar-refractivity contribution >= 4 is 10.9 Å². The summed E-state index contributed by atoms with van der Waals surface area (Å²) in [5.41, 5.74) is 1.36. The first kappa shape index (κ1) is 12.6. The Morgan fingerprint density at radius 1 is 0.800 bits per heavy atom. The summed E-state index contributed by atoms with van der Waals surface area (Å²) in [7, 11) is 0. The van der Waals surface area contributed by atoms with Gasteiger partial charge in [0.15, 0.2) is 0 Å². The van der Waals surface area contributed by atoms with E-state index in [1.54, 1.807) is 0 Å². The highest BCUT2D eigenvalue weighted by atomic mass is 19.4. The van der Waals surface area contributed by atoms with Gasteiger partial charge in [-0.15, -0.1) is 0 Å². The van der Waals surface area contributed by atoms with Crippen LogP contribution in [0.3, 0.4) is 0 Å². The molecule has 1 heterocycles. The van der Waals surface area contributed by atoms with Crippen LogP contribution in [0.4, 0.5) is 13.2 Å². The van der Waals surface area contributed by atoms with Gasteiger partial charge >= 0.3 is 6.18 Å². The van der Waals surface area contributed by atoms with E-state index < -0.39 is 11.7 Å². The van der Waals surface area contributed by atoms with Crippen molar-refractivity contribution in [3.63, 3.8) is 0 Å². The van der Waals surface area contributed by atoms with Crippen LogP contribution in [0.15, 0.2) is 54.9 Å². The van der Waals surface area contributed by atoms with E-state index >= 15 is 0 Å². The summed E-state index contributed by atoms with van der Waals surface area (Å²) >= 11 is 0. The van der Waals surface area contributed by atoms with E-state index in [9.17, 15) is 13.2 Å². The van der Waals surface area contributed by atoms with E-state index in [0.29, 0.717) is 11.3 Å². The lowest BCUT2D eigenvalue weighted by molar-refractivity contribution is -0.137. The van der Waals surface area contributed by atoms with Crippen LogP contribution in [0.5, 0.6) is 0 Å². The summed E-state index contributed by atoms with van der Waals surface area (Å²) in [5, 5.41) is 0.815. The second-order valence-corrected chi connectivity index (χ2v) is 4.31. The van der Waals surface area contributed by atoms with Crippen molar-refractivity contribution in [2.45, 2.75) is 6.18 Å². The highest BCUT2D eigenvalue weighted by Crippen LogP contribution is 2.31. The fraction of sp³-hybridized carbons (Fsp3) is 0.0667. The molecule has 20 heavy (non-hydrogen) atoms. The molecule has 0 amide bonds. The Morgan fingerprint density at radius 2 is 1.50 bits per heavy atom. The molecule has 3 aromatic rings. The zero-order valence-corrected chi connectivity index (χ0v) is 10.2. The van der Waals surface area contributed by atoms with Gasteiger partial charge in [-0.05, 0) is 18.2 Å². The molecule has 0 unspecified atom stereocenters. The van der Waals surface area contributed by atoms with Gasteiger partial charge in [-0.3, -0.25) is 0 Å². The van der Waals surface area contributed by atoms with Crippen molar-refractivity contribution < 1.29 is 13.2 Å². The van der Waals surface area contributed by atoms with Crippen LogP contribution in [0, 0.1) is 0 Å². The quantitative estimate of drug-likeness (QED) is 0.660. The van der Waals surface area contributed by atoms with Crippen molar-refractivity contribution in [1.29, 1.82) is 0 Å². The third-order valence-corrected chi connectivity index (χ3v) is 3.03. The fourth-order valence-corrected chi connectivity index (χ4v) is 2.05. The Bertz CT molecular complexity index is 744. The minimum atomic E-state index is -4.33. The molecule has 0 aliphatic heterocycles. The molecule has 0 N–H and O–H groups in total. The van der Waals surface area contributed by atoms with Crippen LogP contribution in [0.25, 0.3) is 22.2 Å². The number of rotatable bonds is 1. The van der Waals surface area contributed by atoms with Crippen molar-refractivity contribution in [2.24, 2.45) is 0 Å². The zero-order chi connectivity index (χ0) is 14.2. The predicted octanol–water partition coefficient (Wildman–Crippen LogP) is 4.32. The fourth-order valence-electron chi connectivity index (χ4n) is 2.05. The van der Waals surface area contributed by atoms with Gasteiger partial charge in [0, 0.05) is 10.9 Å². The number of para-hydroxylation sites is 1. The van der Waals surface area contributed by atoms with Crippen LogP contribution in [0.1, 0.15) is 5.56 Å². The summed E-state index contributed by atoms with van der Waals surface area (Å²) in [5.74, 6) is 0. The van der Waals surface area contributed by atoms with E-state index in [1.165, 1.54) is 18.5 Å². The Labute approximate surface area is 112 Å². The Morgan fingerprint density at radius 3 is 2.20 bits per heavy atom. The third-order valence-electron chi connectivity index (χ3n) is 3.03. The maximum atomic E-state index is 12.5. The molecule has 2 aromatic carbocycles. The minimum Gasteiger partial charge on any atom is -0.236 e. The second-order valence-electron chi connectivity index (χ2n) is 4.31. The Hall–Kier alpha value is -2.43. The molecule has 5 heteroatoms. The molecular weight excluding hydrogens is 265 g/mol. The molecule has 0 aliphatic carbocycles. The number of benzene rings is 2. The van der Waals surface area contributed by atoms with Gasteiger partial charge in [-0.1, -0.05) is 30.3 Å². The average Bonchev–Trinajstić information content (AvgIpc) is 2.46. The molecule has 0 fully saturated rings. The lowest BCUT2D eigenvalue weighted by Crippen LogP contribution is -2.04. The van der Waals surface area contributed by atoms with Crippen LogP contribution in [-0.2, 0) is 6.18 Å². The topological polar surface area (TPSA) is 25.8 Å². The molecule has 0 spiro atoms. The normalized spacial score (nSPS) is 11.8. The summed E-state index contributed by atoms with van der Waals surface area (Å²) < 4.78 is 37.6. The van der Waals surface area contributed by atoms with E-state index in [4.69, 9.17) is 0 Å². The highest BCUT2D eigenvalue weighted by Gasteiger charge is 2.30. The van der Waals surface area contributed by atoms with E-state index in [1.807, 2.05) is 24.3 Å². The molecule has 0 bridgehead atoms. The maximum absolute atomic E-state index is 12.5. The summed E-state index contributed by atoms with van der Waals surface area (Å²) in [6.07, 6.45) is -2.92. The lowest BCUT2D eigenvalue weighted by Gasteiger charge is -2.08. The molecule has 0 radical (unpaired) electrons. The van der Waals surface area contributed by atoms with Gasteiger partial charge in [0.1, 0.15) is 6.33 Å². The monoisotopic (exact) mass is 274 g/mol. The van der Waals surface area contributed by atoms with E-state index in [2.05, 4.69) is 9.97 Å². The van der Waals surface area contributed by atoms with Gasteiger partial charge in [-0.25, -0.2) is 9.97 Å². The van der Waals surface area contributed by atoms with E-state index in [-0.39, 0.29) is 0 Å². The standard InChI is InChI=1S/C15H9F3N2/c16-15(17,18)11-7-5-10(6-8-11)14-12-3-1-2-4-13(12)19-9-20-14/h1-9H. The van der Waals surface area contributed by atoms with Crippen molar-refractivity contribution in [1.82, 2.24) is 9.97 Å². The van der Waals surface area contributed by atoms with Gasteiger partial charge in [-0.2, -0.15) is 13.2 Å². The summed E-state index contributed by atoms with van der Waals surface area (Å²) in [6, 6.07) is 12.4. The number of fused-ring (bicyclic) bond motifs is 1. The molecule has 0 saturated carbocycles. The van der Waals surface area contributed by atoms with Crippen LogP contribution >= 0.6 is 0 Å². The number of alkyl halides is 3. The Balaban J connectivity index is 2.12. The number of aromatic nitrogens is 2. The average molecular weight is 274 g/mol. The molecule has 0 saturated heterocycles. The second kappa shape index (κ2) is 4.59. The minimum absolute atomic E-state index is 0.629. The molecule has 2 nitrogen and oxygen atoms in total. The molecular formula is C15H9F3N2. The number of hydrogen-bond acceptors (Lipinski definition) is 2. The van der Waals surface area contributed by atoms with Crippen molar-refractivity contribution in [3.05, 3.63) is 60.4 Å². The number of nitrogens with zero attached hydrogens (tertiary/aromatic N) is 2. The number of hydrogen-bond donors (Lipinski definition) is 0. The van der Waals surface area contributed by atoms with Gasteiger partial charge in [0.05, 0.1) is 16.8 Å². The van der Waals surface area contributed by atoms with E-state index in [0.717, 1.165) is 23.0 Å². The largest absolute Gasteiger partial charge is 0.416 e. The first-order valence-corrected chi connectivity index (χ1v) is 5.93.